The first-order valence-electron chi connectivity index (χ1n) is 16.7. The Kier molecular flexibility index (Phi) is 9.43. The van der Waals surface area contributed by atoms with Crippen molar-refractivity contribution in [3.63, 3.8) is 0 Å². The second-order valence-electron chi connectivity index (χ2n) is 13.3. The summed E-state index contributed by atoms with van der Waals surface area (Å²) in [6, 6.07) is 20.7. The van der Waals surface area contributed by atoms with E-state index in [2.05, 4.69) is 94.8 Å². The maximum atomic E-state index is 5.88. The largest absolute Gasteiger partial charge is 0.493 e. The Bertz CT molecular complexity index is 1530. The van der Waals surface area contributed by atoms with Gasteiger partial charge in [0.1, 0.15) is 0 Å². The molecule has 0 aromatic heterocycles. The molecule has 0 N–H and O–H groups in total. The van der Waals surface area contributed by atoms with Gasteiger partial charge in [-0.2, -0.15) is 0 Å². The predicted octanol–water partition coefficient (Wildman–Crippen LogP) is 7.64. The number of hydrogen-bond acceptors (Lipinski definition) is 8. The van der Waals surface area contributed by atoms with Crippen molar-refractivity contribution >= 4 is 23.5 Å². The number of rotatable bonds is 9. The number of hydrogen-bond donors (Lipinski definition) is 0. The van der Waals surface area contributed by atoms with Gasteiger partial charge in [0, 0.05) is 49.8 Å². The van der Waals surface area contributed by atoms with Gasteiger partial charge in [-0.15, -0.1) is 23.5 Å². The highest BCUT2D eigenvalue weighted by Crippen LogP contribution is 2.57. The summed E-state index contributed by atoms with van der Waals surface area (Å²) in [4.78, 5) is 5.54. The summed E-state index contributed by atoms with van der Waals surface area (Å²) >= 11 is 4.41. The van der Waals surface area contributed by atoms with E-state index in [4.69, 9.17) is 18.9 Å². The van der Waals surface area contributed by atoms with Crippen LogP contribution in [0.1, 0.15) is 59.7 Å². The van der Waals surface area contributed by atoms with E-state index in [0.717, 1.165) is 74.9 Å². The molecule has 4 atom stereocenters. The highest BCUT2D eigenvalue weighted by Gasteiger charge is 2.50. The van der Waals surface area contributed by atoms with Crippen molar-refractivity contribution in [2.45, 2.75) is 55.3 Å². The molecule has 0 amide bonds. The minimum absolute atomic E-state index is 0.229. The Morgan fingerprint density at radius 1 is 0.761 bits per heavy atom. The summed E-state index contributed by atoms with van der Waals surface area (Å²) in [5.41, 5.74) is 7.03. The lowest BCUT2D eigenvalue weighted by molar-refractivity contribution is 0.0283. The molecule has 0 bridgehead atoms. The Morgan fingerprint density at radius 2 is 1.35 bits per heavy atom. The smallest absolute Gasteiger partial charge is 0.161 e. The average Bonchev–Trinajstić information content (AvgIpc) is 3.55. The van der Waals surface area contributed by atoms with E-state index in [1.807, 2.05) is 0 Å². The van der Waals surface area contributed by atoms with Gasteiger partial charge in [-0.1, -0.05) is 30.3 Å². The van der Waals surface area contributed by atoms with Crippen LogP contribution in [0.25, 0.3) is 0 Å². The number of piperidine rings is 1. The van der Waals surface area contributed by atoms with E-state index in [1.165, 1.54) is 39.3 Å². The molecule has 4 aliphatic heterocycles. The third-order valence-corrected chi connectivity index (χ3v) is 14.6. The van der Waals surface area contributed by atoms with E-state index in [-0.39, 0.29) is 4.08 Å². The van der Waals surface area contributed by atoms with Crippen LogP contribution in [0, 0.1) is 11.8 Å². The van der Waals surface area contributed by atoms with Crippen molar-refractivity contribution in [3.05, 3.63) is 82.4 Å². The van der Waals surface area contributed by atoms with Crippen molar-refractivity contribution in [1.82, 2.24) is 9.80 Å². The van der Waals surface area contributed by atoms with E-state index < -0.39 is 0 Å². The van der Waals surface area contributed by atoms with Gasteiger partial charge in [0.25, 0.3) is 0 Å². The zero-order valence-corrected chi connectivity index (χ0v) is 29.6. The van der Waals surface area contributed by atoms with Crippen LogP contribution in [-0.2, 0) is 19.4 Å². The molecular weight excluding hydrogens is 613 g/mol. The molecule has 4 heterocycles. The van der Waals surface area contributed by atoms with E-state index in [0.29, 0.717) is 23.9 Å². The maximum Gasteiger partial charge on any atom is 0.161 e. The molecular formula is C38H48N2O4S2. The summed E-state index contributed by atoms with van der Waals surface area (Å²) in [5, 5.41) is 0. The van der Waals surface area contributed by atoms with E-state index in [9.17, 15) is 0 Å². The minimum atomic E-state index is 0.229. The van der Waals surface area contributed by atoms with Gasteiger partial charge >= 0.3 is 0 Å². The van der Waals surface area contributed by atoms with Crippen molar-refractivity contribution in [2.24, 2.45) is 11.8 Å². The van der Waals surface area contributed by atoms with Gasteiger partial charge in [0.15, 0.2) is 23.0 Å². The molecule has 4 unspecified atom stereocenters. The highest BCUT2D eigenvalue weighted by molar-refractivity contribution is 8.21. The van der Waals surface area contributed by atoms with Crippen molar-refractivity contribution in [3.8, 4) is 23.0 Å². The van der Waals surface area contributed by atoms with Gasteiger partial charge in [-0.05, 0) is 96.5 Å². The molecule has 3 aromatic rings. The molecule has 0 aliphatic carbocycles. The van der Waals surface area contributed by atoms with Gasteiger partial charge in [-0.25, -0.2) is 0 Å². The summed E-state index contributed by atoms with van der Waals surface area (Å²) in [5.74, 6) is 7.00. The monoisotopic (exact) mass is 660 g/mol. The molecule has 0 spiro atoms. The van der Waals surface area contributed by atoms with E-state index in [1.54, 1.807) is 28.4 Å². The fourth-order valence-electron chi connectivity index (χ4n) is 8.68. The fourth-order valence-corrected chi connectivity index (χ4v) is 11.9. The molecule has 4 aliphatic rings. The zero-order chi connectivity index (χ0) is 31.8. The topological polar surface area (TPSA) is 43.4 Å². The Labute approximate surface area is 283 Å². The van der Waals surface area contributed by atoms with Crippen molar-refractivity contribution in [1.29, 1.82) is 0 Å². The molecule has 0 radical (unpaired) electrons. The molecule has 246 valence electrons. The second-order valence-corrected chi connectivity index (χ2v) is 16.7. The SMILES string of the molecule is COc1cc2c(cc1OC)C(CC1CC3c4cc(OC)c(OC)cc4CCN3CC1C1(C)SCCS1)N(Cc1ccccc1)CC2. The molecule has 6 nitrogen and oxygen atoms in total. The minimum Gasteiger partial charge on any atom is -0.493 e. The lowest BCUT2D eigenvalue weighted by atomic mass is 9.71. The molecule has 2 fully saturated rings. The van der Waals surface area contributed by atoms with Crippen LogP contribution in [0.3, 0.4) is 0 Å². The summed E-state index contributed by atoms with van der Waals surface area (Å²) in [6.07, 6.45) is 4.36. The molecule has 2 saturated heterocycles. The summed E-state index contributed by atoms with van der Waals surface area (Å²) in [6.45, 7) is 6.78. The lowest BCUT2D eigenvalue weighted by Gasteiger charge is -2.52. The summed E-state index contributed by atoms with van der Waals surface area (Å²) < 4.78 is 23.4. The van der Waals surface area contributed by atoms with Gasteiger partial charge in [0.2, 0.25) is 0 Å². The number of ether oxygens (including phenoxy) is 4. The molecule has 3 aromatic carbocycles. The first-order valence-corrected chi connectivity index (χ1v) is 18.7. The van der Waals surface area contributed by atoms with Gasteiger partial charge < -0.3 is 18.9 Å². The number of thioether (sulfide) groups is 2. The number of fused-ring (bicyclic) bond motifs is 4. The van der Waals surface area contributed by atoms with Crippen molar-refractivity contribution in [2.75, 3.05) is 59.6 Å². The van der Waals surface area contributed by atoms with E-state index >= 15 is 0 Å². The maximum absolute atomic E-state index is 5.88. The summed E-state index contributed by atoms with van der Waals surface area (Å²) in [7, 11) is 7.00. The van der Waals surface area contributed by atoms with Gasteiger partial charge in [-0.3, -0.25) is 9.80 Å². The van der Waals surface area contributed by atoms with Crippen LogP contribution in [0.5, 0.6) is 23.0 Å². The Morgan fingerprint density at radius 3 is 2.00 bits per heavy atom. The predicted molar refractivity (Wildman–Crippen MR) is 190 cm³/mol. The third-order valence-electron chi connectivity index (χ3n) is 11.0. The van der Waals surface area contributed by atoms with Crippen LogP contribution in [-0.4, -0.2) is 73.5 Å². The number of benzene rings is 3. The number of methoxy groups -OCH3 is 4. The van der Waals surface area contributed by atoms with Crippen LogP contribution in [0.2, 0.25) is 0 Å². The molecule has 8 heteroatoms. The molecule has 7 rings (SSSR count). The highest BCUT2D eigenvalue weighted by atomic mass is 32.2. The molecule has 46 heavy (non-hydrogen) atoms. The first-order chi connectivity index (χ1) is 22.4. The van der Waals surface area contributed by atoms with Crippen LogP contribution in [0.4, 0.5) is 0 Å². The van der Waals surface area contributed by atoms with Crippen LogP contribution in [0.15, 0.2) is 54.6 Å². The number of nitrogens with zero attached hydrogens (tertiary/aromatic N) is 2. The van der Waals surface area contributed by atoms with Crippen LogP contribution < -0.4 is 18.9 Å². The molecule has 0 saturated carbocycles. The fraction of sp³-hybridized carbons (Fsp3) is 0.526. The first kappa shape index (κ1) is 32.0. The zero-order valence-electron chi connectivity index (χ0n) is 27.9. The van der Waals surface area contributed by atoms with Crippen LogP contribution >= 0.6 is 23.5 Å². The lowest BCUT2D eigenvalue weighted by Crippen LogP contribution is -2.51. The quantitative estimate of drug-likeness (QED) is 0.232. The standard InChI is InChI=1S/C38H48N2O4S2/c1-38(45-15-16-46-38)31-24-40-14-12-27-20-35(42-3)37(44-5)22-30(27)33(40)18-28(31)17-32-29-21-36(43-4)34(41-2)19-26(29)11-13-39(32)23-25-9-7-6-8-10-25/h6-10,19-22,28,31-33H,11-18,23-24H2,1-5H3. The average molecular weight is 661 g/mol. The third kappa shape index (κ3) is 5.99. The Hall–Kier alpha value is -2.52. The normalized spacial score (nSPS) is 25.7. The Balaban J connectivity index is 1.28. The van der Waals surface area contributed by atoms with Crippen molar-refractivity contribution < 1.29 is 18.9 Å². The second kappa shape index (κ2) is 13.5. The van der Waals surface area contributed by atoms with Gasteiger partial charge in [0.05, 0.1) is 32.5 Å².